The van der Waals surface area contributed by atoms with Crippen LogP contribution in [0.5, 0.6) is 23.0 Å². The standard InChI is InChI=1S/C26H22O4.C24H20N/c27-21-9-1-17(2-10-21)25(18-3-11-22(28)12-4-18)26(19-5-13-23(29)14-6-19)20-7-15-24(30)16-8-20;1-5-13-21(14-6-1)25(22-15-7-2-8-16-22,23-17-9-3-10-18-23)24-19-11-4-12-20-24/h1-16,25-30H;1-20H/q;+1/p-1. The van der Waals surface area contributed by atoms with Crippen LogP contribution in [-0.2, 0) is 0 Å². The predicted octanol–water partition coefficient (Wildman–Crippen LogP) is 11.8. The highest BCUT2D eigenvalue weighted by Gasteiger charge is 2.38. The first-order chi connectivity index (χ1) is 26.9. The molecule has 8 rings (SSSR count). The maximum absolute atomic E-state index is 11.7. The highest BCUT2D eigenvalue weighted by atomic mass is 16.3. The molecule has 0 aromatic heterocycles. The molecule has 0 fully saturated rings. The average molecular weight is 720 g/mol. The second-order valence-electron chi connectivity index (χ2n) is 13.3. The van der Waals surface area contributed by atoms with Crippen LogP contribution in [0.15, 0.2) is 218 Å². The Morgan fingerprint density at radius 1 is 0.291 bits per heavy atom. The van der Waals surface area contributed by atoms with Gasteiger partial charge in [-0.05, 0) is 58.7 Å². The first-order valence-electron chi connectivity index (χ1n) is 18.2. The lowest BCUT2D eigenvalue weighted by molar-refractivity contribution is -0.268. The number of hydrogen-bond donors (Lipinski definition) is 3. The molecular weight excluding hydrogens is 679 g/mol. The van der Waals surface area contributed by atoms with Crippen molar-refractivity contribution >= 4 is 22.7 Å². The minimum atomic E-state index is -0.166. The van der Waals surface area contributed by atoms with Gasteiger partial charge in [-0.1, -0.05) is 133 Å². The second-order valence-corrected chi connectivity index (χ2v) is 13.3. The van der Waals surface area contributed by atoms with E-state index in [1.54, 1.807) is 48.5 Å². The molecule has 1 atom stereocenters. The number of para-hydroxylation sites is 4. The van der Waals surface area contributed by atoms with Gasteiger partial charge in [-0.15, -0.1) is 5.75 Å². The summed E-state index contributed by atoms with van der Waals surface area (Å²) in [5.41, 5.74) is 8.73. The van der Waals surface area contributed by atoms with Gasteiger partial charge in [0.05, 0.1) is 0 Å². The molecule has 0 amide bonds. The summed E-state index contributed by atoms with van der Waals surface area (Å²) in [5, 5.41) is 41.1. The van der Waals surface area contributed by atoms with Crippen LogP contribution in [0.2, 0.25) is 0 Å². The fourth-order valence-electron chi connectivity index (χ4n) is 7.38. The molecule has 0 heterocycles. The Labute approximate surface area is 322 Å². The number of hydrogen-bond acceptors (Lipinski definition) is 4. The Morgan fingerprint density at radius 3 is 0.745 bits per heavy atom. The molecule has 0 saturated carbocycles. The first-order valence-corrected chi connectivity index (χ1v) is 18.2. The second kappa shape index (κ2) is 16.7. The monoisotopic (exact) mass is 719 g/mol. The normalized spacial score (nSPS) is 11.7. The number of quaternary nitrogens is 1. The molecule has 0 bridgehead atoms. The summed E-state index contributed by atoms with van der Waals surface area (Å²) in [6.45, 7) is 0. The van der Waals surface area contributed by atoms with Crippen molar-refractivity contribution < 1.29 is 20.4 Å². The van der Waals surface area contributed by atoms with Crippen molar-refractivity contribution in [3.8, 4) is 23.0 Å². The predicted molar refractivity (Wildman–Crippen MR) is 220 cm³/mol. The Morgan fingerprint density at radius 2 is 0.509 bits per heavy atom. The highest BCUT2D eigenvalue weighted by Crippen LogP contribution is 2.51. The Bertz CT molecular complexity index is 2020. The molecule has 55 heavy (non-hydrogen) atoms. The molecule has 3 N–H and O–H groups in total. The summed E-state index contributed by atoms with van der Waals surface area (Å²) in [6, 6.07) is 70.7. The van der Waals surface area contributed by atoms with E-state index in [-0.39, 0.29) is 34.8 Å². The van der Waals surface area contributed by atoms with Crippen molar-refractivity contribution in [2.75, 3.05) is 0 Å². The Balaban J connectivity index is 0.000000172. The fraction of sp³-hybridized carbons (Fsp3) is 0.0400. The lowest BCUT2D eigenvalue weighted by Crippen LogP contribution is -2.33. The van der Waals surface area contributed by atoms with Crippen molar-refractivity contribution in [2.45, 2.75) is 11.8 Å². The quantitative estimate of drug-likeness (QED) is 0.130. The molecule has 1 unspecified atom stereocenters. The molecule has 8 aromatic rings. The van der Waals surface area contributed by atoms with Gasteiger partial charge in [0.1, 0.15) is 40.0 Å². The van der Waals surface area contributed by atoms with Gasteiger partial charge in [-0.25, -0.2) is 0 Å². The molecule has 0 aliphatic carbocycles. The first kappa shape index (κ1) is 36.3. The number of aromatic hydroxyl groups is 3. The Kier molecular flexibility index (Phi) is 11.0. The smallest absolute Gasteiger partial charge is 0.148 e. The van der Waals surface area contributed by atoms with E-state index in [9.17, 15) is 20.4 Å². The lowest BCUT2D eigenvalue weighted by Gasteiger charge is -2.37. The van der Waals surface area contributed by atoms with E-state index < -0.39 is 0 Å². The van der Waals surface area contributed by atoms with E-state index in [0.29, 0.717) is 4.48 Å². The van der Waals surface area contributed by atoms with Crippen LogP contribution < -0.4 is 9.59 Å². The topological polar surface area (TPSA) is 83.8 Å². The molecular formula is C50H41NO4. The van der Waals surface area contributed by atoms with Gasteiger partial charge in [0.2, 0.25) is 0 Å². The van der Waals surface area contributed by atoms with Crippen LogP contribution in [0.4, 0.5) is 22.7 Å². The van der Waals surface area contributed by atoms with Gasteiger partial charge < -0.3 is 20.4 Å². The largest absolute Gasteiger partial charge is 0.872 e. The van der Waals surface area contributed by atoms with Gasteiger partial charge >= 0.3 is 0 Å². The highest BCUT2D eigenvalue weighted by molar-refractivity contribution is 5.81. The van der Waals surface area contributed by atoms with E-state index in [2.05, 4.69) is 121 Å². The van der Waals surface area contributed by atoms with E-state index in [1.807, 2.05) is 48.5 Å². The SMILES string of the molecule is [O-]c1ccc(C(c2ccc(O)cc2)C(c2ccc(O)cc2)c2ccc(O)cc2)cc1.c1ccc([N+](c2ccccc2)(c2ccccc2)c2ccccc2)cc1. The number of benzene rings is 8. The van der Waals surface area contributed by atoms with Gasteiger partial charge in [0, 0.05) is 60.4 Å². The molecule has 5 nitrogen and oxygen atoms in total. The molecule has 8 aromatic carbocycles. The average Bonchev–Trinajstić information content (AvgIpc) is 3.24. The summed E-state index contributed by atoms with van der Waals surface area (Å²) in [7, 11) is 0. The minimum absolute atomic E-state index is 0.0611. The third-order valence-electron chi connectivity index (χ3n) is 9.90. The van der Waals surface area contributed by atoms with Crippen molar-refractivity contribution in [3.05, 3.63) is 241 Å². The van der Waals surface area contributed by atoms with Crippen LogP contribution in [0.1, 0.15) is 34.1 Å². The fourth-order valence-corrected chi connectivity index (χ4v) is 7.38. The third kappa shape index (κ3) is 7.98. The van der Waals surface area contributed by atoms with Gasteiger partial charge in [0.15, 0.2) is 0 Å². The van der Waals surface area contributed by atoms with E-state index in [0.717, 1.165) is 22.3 Å². The number of nitrogens with zero attached hydrogens (tertiary/aromatic N) is 1. The maximum atomic E-state index is 11.7. The van der Waals surface area contributed by atoms with Crippen molar-refractivity contribution in [3.63, 3.8) is 0 Å². The molecule has 270 valence electrons. The zero-order valence-corrected chi connectivity index (χ0v) is 30.1. The summed E-state index contributed by atoms with van der Waals surface area (Å²) in [4.78, 5) is 0. The van der Waals surface area contributed by atoms with Crippen LogP contribution in [0.3, 0.4) is 0 Å². The van der Waals surface area contributed by atoms with E-state index in [1.165, 1.54) is 22.7 Å². The van der Waals surface area contributed by atoms with Gasteiger partial charge in [0.25, 0.3) is 0 Å². The van der Waals surface area contributed by atoms with Crippen LogP contribution in [0.25, 0.3) is 0 Å². The summed E-state index contributed by atoms with van der Waals surface area (Å²) >= 11 is 0. The maximum Gasteiger partial charge on any atom is 0.148 e. The summed E-state index contributed by atoms with van der Waals surface area (Å²) in [6.07, 6.45) is 0. The Hall–Kier alpha value is -7.08. The number of rotatable bonds is 9. The van der Waals surface area contributed by atoms with Crippen molar-refractivity contribution in [1.29, 1.82) is 0 Å². The number of phenolic OH excluding ortho intramolecular Hbond substituents is 3. The molecule has 0 aliphatic rings. The molecule has 0 saturated heterocycles. The van der Waals surface area contributed by atoms with Gasteiger partial charge in [-0.3, -0.25) is 0 Å². The lowest BCUT2D eigenvalue weighted by atomic mass is 9.73. The number of phenols is 3. The zero-order valence-electron chi connectivity index (χ0n) is 30.1. The zero-order chi connectivity index (χ0) is 38.0. The van der Waals surface area contributed by atoms with Crippen molar-refractivity contribution in [1.82, 2.24) is 4.48 Å². The van der Waals surface area contributed by atoms with Crippen LogP contribution in [0, 0.1) is 0 Å². The van der Waals surface area contributed by atoms with E-state index in [4.69, 9.17) is 0 Å². The molecule has 0 aliphatic heterocycles. The van der Waals surface area contributed by atoms with E-state index >= 15 is 0 Å². The molecule has 5 heteroatoms. The van der Waals surface area contributed by atoms with Crippen molar-refractivity contribution in [2.24, 2.45) is 0 Å². The van der Waals surface area contributed by atoms with Crippen LogP contribution in [-0.4, -0.2) is 15.3 Å². The molecule has 0 spiro atoms. The summed E-state index contributed by atoms with van der Waals surface area (Å²) in [5.74, 6) is 0.154. The van der Waals surface area contributed by atoms with Gasteiger partial charge in [-0.2, -0.15) is 4.48 Å². The summed E-state index contributed by atoms with van der Waals surface area (Å²) < 4.78 is 0.559. The molecule has 0 radical (unpaired) electrons. The third-order valence-corrected chi connectivity index (χ3v) is 9.90. The van der Waals surface area contributed by atoms with Crippen LogP contribution >= 0.6 is 0 Å². The minimum Gasteiger partial charge on any atom is -0.872 e.